The molecule has 1 saturated heterocycles. The van der Waals surface area contributed by atoms with Gasteiger partial charge in [-0.15, -0.1) is 0 Å². The number of nitrogens with two attached hydrogens (primary N) is 1. The quantitative estimate of drug-likeness (QED) is 0.872. The van der Waals surface area contributed by atoms with Crippen molar-refractivity contribution in [3.05, 3.63) is 17.9 Å². The summed E-state index contributed by atoms with van der Waals surface area (Å²) in [7, 11) is 5.87. The topological polar surface area (TPSA) is 41.7 Å². The van der Waals surface area contributed by atoms with Crippen molar-refractivity contribution >= 4 is 11.4 Å². The summed E-state index contributed by atoms with van der Waals surface area (Å²) in [5.74, 6) is 0.294. The van der Waals surface area contributed by atoms with E-state index in [2.05, 4.69) is 23.9 Å². The third-order valence-corrected chi connectivity index (χ3v) is 5.53. The summed E-state index contributed by atoms with van der Waals surface area (Å²) < 4.78 is 19.4. The van der Waals surface area contributed by atoms with Crippen molar-refractivity contribution in [2.45, 2.75) is 31.7 Å². The molecule has 1 saturated carbocycles. The lowest BCUT2D eigenvalue weighted by atomic mass is 9.60. The van der Waals surface area contributed by atoms with Gasteiger partial charge in [-0.3, -0.25) is 0 Å². The molecule has 1 aromatic carbocycles. The second-order valence-electron chi connectivity index (χ2n) is 7.06. The average molecular weight is 307 g/mol. The number of piperidine rings is 1. The van der Waals surface area contributed by atoms with Crippen molar-refractivity contribution in [1.29, 1.82) is 0 Å². The fraction of sp³-hybridized carbons (Fsp3) is 0.647. The van der Waals surface area contributed by atoms with Crippen LogP contribution in [0.15, 0.2) is 12.1 Å². The molecule has 2 N–H and O–H groups in total. The predicted molar refractivity (Wildman–Crippen MR) is 88.0 cm³/mol. The summed E-state index contributed by atoms with van der Waals surface area (Å²) in [6.45, 7) is 1.81. The normalized spacial score (nSPS) is 21.2. The van der Waals surface area contributed by atoms with Crippen LogP contribution < -0.4 is 15.4 Å². The van der Waals surface area contributed by atoms with Gasteiger partial charge >= 0.3 is 0 Å². The standard InChI is InChI=1S/C17H26FN3O/c1-20(2)12-10-17(11-12)4-6-21(7-5-17)15-9-16(22-3)14(19)8-13(15)18/h8-9,12H,4-7,10-11,19H2,1-3H3. The molecule has 2 aliphatic rings. The minimum Gasteiger partial charge on any atom is -0.495 e. The van der Waals surface area contributed by atoms with Gasteiger partial charge in [-0.1, -0.05) is 0 Å². The van der Waals surface area contributed by atoms with Gasteiger partial charge in [0, 0.05) is 31.3 Å². The van der Waals surface area contributed by atoms with Gasteiger partial charge in [0.2, 0.25) is 0 Å². The first-order valence-electron chi connectivity index (χ1n) is 7.98. The van der Waals surface area contributed by atoms with Crippen molar-refractivity contribution in [3.63, 3.8) is 0 Å². The van der Waals surface area contributed by atoms with Gasteiger partial charge < -0.3 is 20.3 Å². The maximum Gasteiger partial charge on any atom is 0.148 e. The van der Waals surface area contributed by atoms with Gasteiger partial charge in [0.1, 0.15) is 11.6 Å². The van der Waals surface area contributed by atoms with E-state index in [1.54, 1.807) is 13.2 Å². The number of benzene rings is 1. The van der Waals surface area contributed by atoms with E-state index in [1.165, 1.54) is 18.9 Å². The number of ether oxygens (including phenoxy) is 1. The summed E-state index contributed by atoms with van der Waals surface area (Å²) in [4.78, 5) is 4.45. The number of nitrogens with zero attached hydrogens (tertiary/aromatic N) is 2. The molecule has 4 nitrogen and oxygen atoms in total. The van der Waals surface area contributed by atoms with E-state index in [4.69, 9.17) is 10.5 Å². The molecule has 0 radical (unpaired) electrons. The first-order chi connectivity index (χ1) is 10.4. The Morgan fingerprint density at radius 2 is 1.91 bits per heavy atom. The van der Waals surface area contributed by atoms with E-state index >= 15 is 0 Å². The third kappa shape index (κ3) is 2.62. The highest BCUT2D eigenvalue weighted by Crippen LogP contribution is 2.51. The molecular formula is C17H26FN3O. The maximum absolute atomic E-state index is 14.2. The zero-order valence-electron chi connectivity index (χ0n) is 13.7. The van der Waals surface area contributed by atoms with Crippen LogP contribution in [0.25, 0.3) is 0 Å². The molecule has 0 bridgehead atoms. The van der Waals surface area contributed by atoms with Crippen molar-refractivity contribution in [3.8, 4) is 5.75 Å². The summed E-state index contributed by atoms with van der Waals surface area (Å²) in [5, 5.41) is 0. The Hall–Kier alpha value is -1.49. The SMILES string of the molecule is COc1cc(N2CCC3(CC2)CC(N(C)C)C3)c(F)cc1N. The number of halogens is 1. The Balaban J connectivity index is 1.67. The Kier molecular flexibility index (Phi) is 3.93. The van der Waals surface area contributed by atoms with E-state index in [1.807, 2.05) is 0 Å². The summed E-state index contributed by atoms with van der Waals surface area (Å²) in [6, 6.07) is 3.82. The molecule has 0 aromatic heterocycles. The van der Waals surface area contributed by atoms with Crippen molar-refractivity contribution in [1.82, 2.24) is 4.90 Å². The largest absolute Gasteiger partial charge is 0.495 e. The lowest BCUT2D eigenvalue weighted by molar-refractivity contribution is 0.00481. The highest BCUT2D eigenvalue weighted by molar-refractivity contribution is 5.63. The maximum atomic E-state index is 14.2. The Bertz CT molecular complexity index is 545. The molecule has 2 fully saturated rings. The van der Waals surface area contributed by atoms with Crippen LogP contribution in [0.3, 0.4) is 0 Å². The first-order valence-corrected chi connectivity index (χ1v) is 7.98. The monoisotopic (exact) mass is 307 g/mol. The van der Waals surface area contributed by atoms with Crippen LogP contribution in [-0.4, -0.2) is 45.2 Å². The molecule has 3 rings (SSSR count). The Labute approximate surface area is 132 Å². The summed E-state index contributed by atoms with van der Waals surface area (Å²) in [6.07, 6.45) is 4.84. The highest BCUT2D eigenvalue weighted by atomic mass is 19.1. The molecule has 1 aliphatic heterocycles. The van der Waals surface area contributed by atoms with Crippen LogP contribution in [0.5, 0.6) is 5.75 Å². The molecule has 1 spiro atoms. The van der Waals surface area contributed by atoms with E-state index < -0.39 is 0 Å². The number of nitrogen functional groups attached to an aromatic ring is 1. The van der Waals surface area contributed by atoms with Crippen LogP contribution in [0, 0.1) is 11.2 Å². The smallest absolute Gasteiger partial charge is 0.148 e. The van der Waals surface area contributed by atoms with E-state index in [-0.39, 0.29) is 5.82 Å². The molecule has 0 unspecified atom stereocenters. The lowest BCUT2D eigenvalue weighted by Gasteiger charge is -2.54. The second-order valence-corrected chi connectivity index (χ2v) is 7.06. The second kappa shape index (κ2) is 5.61. The minimum atomic E-state index is -0.256. The molecule has 1 aliphatic carbocycles. The number of hydrogen-bond donors (Lipinski definition) is 1. The van der Waals surface area contributed by atoms with E-state index in [9.17, 15) is 4.39 Å². The molecule has 122 valence electrons. The van der Waals surface area contributed by atoms with Crippen LogP contribution >= 0.6 is 0 Å². The van der Waals surface area contributed by atoms with Crippen molar-refractivity contribution in [2.75, 3.05) is 44.9 Å². The van der Waals surface area contributed by atoms with Gasteiger partial charge in [-0.25, -0.2) is 4.39 Å². The summed E-state index contributed by atoms with van der Waals surface area (Å²) in [5.41, 5.74) is 7.21. The zero-order valence-corrected chi connectivity index (χ0v) is 13.7. The molecule has 1 aromatic rings. The highest BCUT2D eigenvalue weighted by Gasteiger charge is 2.46. The fourth-order valence-electron chi connectivity index (χ4n) is 3.91. The lowest BCUT2D eigenvalue weighted by Crippen LogP contribution is -2.53. The molecule has 0 atom stereocenters. The summed E-state index contributed by atoms with van der Waals surface area (Å²) >= 11 is 0. The van der Waals surface area contributed by atoms with E-state index in [0.29, 0.717) is 22.5 Å². The Morgan fingerprint density at radius 1 is 1.27 bits per heavy atom. The molecule has 5 heteroatoms. The van der Waals surface area contributed by atoms with Gasteiger partial charge in [0.15, 0.2) is 0 Å². The number of rotatable bonds is 3. The molecule has 1 heterocycles. The molecule has 22 heavy (non-hydrogen) atoms. The molecular weight excluding hydrogens is 281 g/mol. The van der Waals surface area contributed by atoms with Gasteiger partial charge in [0.05, 0.1) is 18.5 Å². The van der Waals surface area contributed by atoms with Gasteiger partial charge in [-0.05, 0) is 45.2 Å². The number of hydrogen-bond acceptors (Lipinski definition) is 4. The van der Waals surface area contributed by atoms with Crippen LogP contribution in [0.1, 0.15) is 25.7 Å². The number of anilines is 2. The first kappa shape index (κ1) is 15.4. The van der Waals surface area contributed by atoms with Gasteiger partial charge in [-0.2, -0.15) is 0 Å². The van der Waals surface area contributed by atoms with E-state index in [0.717, 1.165) is 32.0 Å². The zero-order chi connectivity index (χ0) is 15.9. The van der Waals surface area contributed by atoms with Crippen molar-refractivity contribution in [2.24, 2.45) is 5.41 Å². The number of methoxy groups -OCH3 is 1. The van der Waals surface area contributed by atoms with Crippen LogP contribution in [0.2, 0.25) is 0 Å². The van der Waals surface area contributed by atoms with Crippen LogP contribution in [0.4, 0.5) is 15.8 Å². The minimum absolute atomic E-state index is 0.256. The fourth-order valence-corrected chi connectivity index (χ4v) is 3.91. The average Bonchev–Trinajstić information content (AvgIpc) is 2.45. The Morgan fingerprint density at radius 3 is 2.45 bits per heavy atom. The van der Waals surface area contributed by atoms with Crippen molar-refractivity contribution < 1.29 is 9.13 Å². The third-order valence-electron chi connectivity index (χ3n) is 5.53. The molecule has 0 amide bonds. The van der Waals surface area contributed by atoms with Crippen LogP contribution in [-0.2, 0) is 0 Å². The van der Waals surface area contributed by atoms with Gasteiger partial charge in [0.25, 0.3) is 0 Å². The predicted octanol–water partition coefficient (Wildman–Crippen LogP) is 2.73.